The van der Waals surface area contributed by atoms with Gasteiger partial charge in [-0.2, -0.15) is 0 Å². The Morgan fingerprint density at radius 3 is 2.59 bits per heavy atom. The molecule has 1 aliphatic carbocycles. The number of amides is 1. The molecule has 0 bridgehead atoms. The van der Waals surface area contributed by atoms with Gasteiger partial charge < -0.3 is 20.2 Å². The molecule has 2 aliphatic rings. The Labute approximate surface area is 171 Å². The van der Waals surface area contributed by atoms with Crippen LogP contribution >= 0.6 is 0 Å². The predicted octanol–water partition coefficient (Wildman–Crippen LogP) is 1.62. The molecular formula is C22H29N3O4. The highest BCUT2D eigenvalue weighted by Gasteiger charge is 2.31. The second-order valence-corrected chi connectivity index (χ2v) is 7.81. The number of ketones is 2. The van der Waals surface area contributed by atoms with Gasteiger partial charge >= 0.3 is 0 Å². The van der Waals surface area contributed by atoms with E-state index < -0.39 is 0 Å². The quantitative estimate of drug-likeness (QED) is 0.678. The number of allylic oxidation sites excluding steroid dienone is 2. The summed E-state index contributed by atoms with van der Waals surface area (Å²) in [6.07, 6.45) is 1.22. The van der Waals surface area contributed by atoms with Crippen LogP contribution in [0.5, 0.6) is 5.75 Å². The third-order valence-corrected chi connectivity index (χ3v) is 5.75. The summed E-state index contributed by atoms with van der Waals surface area (Å²) in [5.41, 5.74) is 0.947. The molecule has 0 atom stereocenters. The number of benzene rings is 1. The van der Waals surface area contributed by atoms with Crippen LogP contribution < -0.4 is 5.32 Å². The summed E-state index contributed by atoms with van der Waals surface area (Å²) in [6.45, 7) is 7.43. The number of phenols is 1. The minimum absolute atomic E-state index is 0.0469. The Morgan fingerprint density at radius 2 is 1.86 bits per heavy atom. The van der Waals surface area contributed by atoms with Gasteiger partial charge in [0.2, 0.25) is 5.91 Å². The van der Waals surface area contributed by atoms with E-state index in [-0.39, 0.29) is 47.2 Å². The molecule has 1 saturated heterocycles. The Kier molecular flexibility index (Phi) is 6.82. The van der Waals surface area contributed by atoms with Crippen LogP contribution in [-0.4, -0.2) is 78.7 Å². The zero-order valence-corrected chi connectivity index (χ0v) is 17.2. The van der Waals surface area contributed by atoms with E-state index in [0.717, 1.165) is 39.1 Å². The first-order chi connectivity index (χ1) is 13.9. The number of phenolic OH excluding ortho intramolecular Hbond substituents is 1. The van der Waals surface area contributed by atoms with Crippen molar-refractivity contribution in [2.75, 3.05) is 46.3 Å². The van der Waals surface area contributed by atoms with E-state index in [9.17, 15) is 19.5 Å². The summed E-state index contributed by atoms with van der Waals surface area (Å²) < 4.78 is 0. The van der Waals surface area contributed by atoms with Crippen molar-refractivity contribution < 1.29 is 19.5 Å². The van der Waals surface area contributed by atoms with Crippen molar-refractivity contribution in [3.05, 3.63) is 40.5 Å². The van der Waals surface area contributed by atoms with E-state index in [1.54, 1.807) is 19.1 Å². The monoisotopic (exact) mass is 399 g/mol. The van der Waals surface area contributed by atoms with Gasteiger partial charge in [-0.25, -0.2) is 0 Å². The van der Waals surface area contributed by atoms with Gasteiger partial charge in [0.05, 0.1) is 5.56 Å². The molecule has 156 valence electrons. The van der Waals surface area contributed by atoms with E-state index in [1.165, 1.54) is 6.07 Å². The van der Waals surface area contributed by atoms with Gasteiger partial charge in [0.15, 0.2) is 11.6 Å². The molecule has 29 heavy (non-hydrogen) atoms. The van der Waals surface area contributed by atoms with E-state index >= 15 is 0 Å². The third-order valence-electron chi connectivity index (χ3n) is 5.75. The molecule has 7 nitrogen and oxygen atoms in total. The van der Waals surface area contributed by atoms with E-state index in [2.05, 4.69) is 22.2 Å². The van der Waals surface area contributed by atoms with Crippen LogP contribution in [-0.2, 0) is 4.79 Å². The van der Waals surface area contributed by atoms with Crippen LogP contribution in [0.3, 0.4) is 0 Å². The lowest BCUT2D eigenvalue weighted by Gasteiger charge is -2.32. The molecule has 1 aliphatic heterocycles. The highest BCUT2D eigenvalue weighted by Crippen LogP contribution is 2.33. The molecular weight excluding hydrogens is 370 g/mol. The van der Waals surface area contributed by atoms with Crippen LogP contribution in [0.15, 0.2) is 29.3 Å². The maximum Gasteiger partial charge on any atom is 0.220 e. The standard InChI is InChI=1S/C22H29N3O4/c1-15-16(22(29)20-17(21(15)28)5-3-6-18(20)26)7-8-19(27)23-9-4-10-25-13-11-24(2)12-14-25/h3,5-6,26H,4,7-14H2,1-2H3,(H,23,27). The summed E-state index contributed by atoms with van der Waals surface area (Å²) in [5, 5.41) is 12.9. The Morgan fingerprint density at radius 1 is 1.14 bits per heavy atom. The summed E-state index contributed by atoms with van der Waals surface area (Å²) in [4.78, 5) is 42.2. The SMILES string of the molecule is CC1=C(CCC(=O)NCCCN2CCN(C)CC2)C(=O)c2c(O)cccc2C1=O. The fourth-order valence-corrected chi connectivity index (χ4v) is 3.86. The van der Waals surface area contributed by atoms with Crippen molar-refractivity contribution in [3.8, 4) is 5.75 Å². The second-order valence-electron chi connectivity index (χ2n) is 7.81. The number of hydrogen-bond acceptors (Lipinski definition) is 6. The highest BCUT2D eigenvalue weighted by atomic mass is 16.3. The van der Waals surface area contributed by atoms with Crippen LogP contribution in [0.2, 0.25) is 0 Å². The molecule has 1 amide bonds. The van der Waals surface area contributed by atoms with Crippen LogP contribution in [0, 0.1) is 0 Å². The molecule has 1 fully saturated rings. The van der Waals surface area contributed by atoms with E-state index in [0.29, 0.717) is 17.7 Å². The van der Waals surface area contributed by atoms with Crippen LogP contribution in [0.4, 0.5) is 0 Å². The minimum Gasteiger partial charge on any atom is -0.507 e. The summed E-state index contributed by atoms with van der Waals surface area (Å²) in [7, 11) is 2.12. The predicted molar refractivity (Wildman–Crippen MR) is 110 cm³/mol. The fraction of sp³-hybridized carbons (Fsp3) is 0.500. The smallest absolute Gasteiger partial charge is 0.220 e. The first-order valence-corrected chi connectivity index (χ1v) is 10.2. The second kappa shape index (κ2) is 9.33. The van der Waals surface area contributed by atoms with Gasteiger partial charge in [0, 0.05) is 55.9 Å². The molecule has 0 spiro atoms. The molecule has 1 aromatic carbocycles. The van der Waals surface area contributed by atoms with Crippen molar-refractivity contribution in [1.29, 1.82) is 0 Å². The van der Waals surface area contributed by atoms with Crippen molar-refractivity contribution in [2.45, 2.75) is 26.2 Å². The minimum atomic E-state index is -0.363. The van der Waals surface area contributed by atoms with Gasteiger partial charge in [0.25, 0.3) is 0 Å². The third kappa shape index (κ3) is 4.92. The Balaban J connectivity index is 1.47. The van der Waals surface area contributed by atoms with Gasteiger partial charge in [-0.3, -0.25) is 14.4 Å². The summed E-state index contributed by atoms with van der Waals surface area (Å²) in [6, 6.07) is 4.49. The molecule has 0 saturated carbocycles. The molecule has 7 heteroatoms. The van der Waals surface area contributed by atoms with E-state index in [4.69, 9.17) is 0 Å². The van der Waals surface area contributed by atoms with Crippen LogP contribution in [0.1, 0.15) is 46.9 Å². The number of fused-ring (bicyclic) bond motifs is 1. The van der Waals surface area contributed by atoms with Gasteiger partial charge in [-0.05, 0) is 39.4 Å². The number of Topliss-reactive ketones (excluding diaryl/α,β-unsaturated/α-hetero) is 2. The van der Waals surface area contributed by atoms with Gasteiger partial charge in [-0.15, -0.1) is 0 Å². The zero-order chi connectivity index (χ0) is 21.0. The number of rotatable bonds is 7. The first-order valence-electron chi connectivity index (χ1n) is 10.2. The maximum atomic E-state index is 12.8. The van der Waals surface area contributed by atoms with Crippen LogP contribution in [0.25, 0.3) is 0 Å². The number of piperazine rings is 1. The lowest BCUT2D eigenvalue weighted by atomic mass is 9.82. The lowest BCUT2D eigenvalue weighted by Crippen LogP contribution is -2.45. The number of likely N-dealkylation sites (N-methyl/N-ethyl adjacent to an activating group) is 1. The number of carbonyl (C=O) groups excluding carboxylic acids is 3. The number of hydrogen-bond donors (Lipinski definition) is 2. The molecule has 1 aromatic rings. The lowest BCUT2D eigenvalue weighted by molar-refractivity contribution is -0.121. The zero-order valence-electron chi connectivity index (χ0n) is 17.2. The molecule has 0 radical (unpaired) electrons. The summed E-state index contributed by atoms with van der Waals surface area (Å²) in [5.74, 6) is -0.956. The number of aromatic hydroxyl groups is 1. The van der Waals surface area contributed by atoms with Crippen molar-refractivity contribution in [2.24, 2.45) is 0 Å². The van der Waals surface area contributed by atoms with Crippen molar-refractivity contribution in [3.63, 3.8) is 0 Å². The number of nitrogens with one attached hydrogen (secondary N) is 1. The summed E-state index contributed by atoms with van der Waals surface area (Å²) >= 11 is 0. The first kappa shape index (κ1) is 21.2. The van der Waals surface area contributed by atoms with Gasteiger partial charge in [0.1, 0.15) is 5.75 Å². The Bertz CT molecular complexity index is 838. The van der Waals surface area contributed by atoms with E-state index in [1.807, 2.05) is 0 Å². The topological polar surface area (TPSA) is 90.0 Å². The van der Waals surface area contributed by atoms with Gasteiger partial charge in [-0.1, -0.05) is 12.1 Å². The normalized spacial score (nSPS) is 18.1. The number of nitrogens with zero attached hydrogens (tertiary/aromatic N) is 2. The average Bonchev–Trinajstić information content (AvgIpc) is 2.70. The van der Waals surface area contributed by atoms with Crippen molar-refractivity contribution >= 4 is 17.5 Å². The maximum absolute atomic E-state index is 12.8. The number of carbonyl (C=O) groups is 3. The highest BCUT2D eigenvalue weighted by molar-refractivity contribution is 6.27. The average molecular weight is 399 g/mol. The molecule has 0 aromatic heterocycles. The van der Waals surface area contributed by atoms with Crippen molar-refractivity contribution in [1.82, 2.24) is 15.1 Å². The molecule has 3 rings (SSSR count). The molecule has 1 heterocycles. The fourth-order valence-electron chi connectivity index (χ4n) is 3.86. The largest absolute Gasteiger partial charge is 0.507 e. The Hall–Kier alpha value is -2.51. The molecule has 0 unspecified atom stereocenters. The molecule has 2 N–H and O–H groups in total.